The molecule has 0 bridgehead atoms. The molecule has 0 saturated heterocycles. The topological polar surface area (TPSA) is 66.4 Å². The average molecular weight is 400 g/mol. The van der Waals surface area contributed by atoms with E-state index >= 15 is 0 Å². The number of aliphatic carboxylic acids is 1. The Balaban J connectivity index is 2.04. The standard InChI is InChI=1S/C19H17ClF3NO3/c20-15-3-1-2-13(8-15)10-17(25)24-16(11-18(26)27)9-12-4-6-14(7-5-12)19(21,22)23/h1-8,16H,9-11H2,(H,24,25)(H,26,27). The lowest BCUT2D eigenvalue weighted by Crippen LogP contribution is -2.39. The lowest BCUT2D eigenvalue weighted by molar-refractivity contribution is -0.138. The molecule has 0 aromatic heterocycles. The Bertz CT molecular complexity index is 807. The van der Waals surface area contributed by atoms with E-state index in [1.165, 1.54) is 12.1 Å². The summed E-state index contributed by atoms with van der Waals surface area (Å²) in [4.78, 5) is 23.2. The van der Waals surface area contributed by atoms with Gasteiger partial charge in [0.05, 0.1) is 18.4 Å². The summed E-state index contributed by atoms with van der Waals surface area (Å²) in [6.45, 7) is 0. The van der Waals surface area contributed by atoms with Gasteiger partial charge in [0.2, 0.25) is 5.91 Å². The minimum Gasteiger partial charge on any atom is -0.481 e. The minimum atomic E-state index is -4.44. The fraction of sp³-hybridized carbons (Fsp3) is 0.263. The second-order valence-corrected chi connectivity index (χ2v) is 6.50. The third-order valence-electron chi connectivity index (χ3n) is 3.80. The van der Waals surface area contributed by atoms with Crippen molar-refractivity contribution in [2.75, 3.05) is 0 Å². The lowest BCUT2D eigenvalue weighted by atomic mass is 10.0. The van der Waals surface area contributed by atoms with Gasteiger partial charge in [0.25, 0.3) is 0 Å². The monoisotopic (exact) mass is 399 g/mol. The normalized spacial score (nSPS) is 12.4. The number of nitrogens with one attached hydrogen (secondary N) is 1. The number of hydrogen-bond donors (Lipinski definition) is 2. The Morgan fingerprint density at radius 2 is 1.74 bits per heavy atom. The second-order valence-electron chi connectivity index (χ2n) is 6.07. The smallest absolute Gasteiger partial charge is 0.416 e. The van der Waals surface area contributed by atoms with Gasteiger partial charge in [-0.05, 0) is 41.8 Å². The van der Waals surface area contributed by atoms with Crippen LogP contribution < -0.4 is 5.32 Å². The number of carbonyl (C=O) groups excluding carboxylic acids is 1. The van der Waals surface area contributed by atoms with Crippen LogP contribution in [0.2, 0.25) is 5.02 Å². The van der Waals surface area contributed by atoms with Crippen molar-refractivity contribution in [3.63, 3.8) is 0 Å². The van der Waals surface area contributed by atoms with E-state index in [9.17, 15) is 22.8 Å². The second kappa shape index (κ2) is 8.90. The molecule has 2 aromatic rings. The van der Waals surface area contributed by atoms with Crippen molar-refractivity contribution in [1.82, 2.24) is 5.32 Å². The van der Waals surface area contributed by atoms with E-state index in [-0.39, 0.29) is 19.3 Å². The maximum atomic E-state index is 12.6. The van der Waals surface area contributed by atoms with Gasteiger partial charge in [0.1, 0.15) is 0 Å². The Kier molecular flexibility index (Phi) is 6.85. The van der Waals surface area contributed by atoms with Gasteiger partial charge in [-0.15, -0.1) is 0 Å². The van der Waals surface area contributed by atoms with Crippen molar-refractivity contribution in [2.45, 2.75) is 31.5 Å². The van der Waals surface area contributed by atoms with Crippen molar-refractivity contribution in [3.05, 3.63) is 70.2 Å². The van der Waals surface area contributed by atoms with E-state index in [0.717, 1.165) is 12.1 Å². The van der Waals surface area contributed by atoms with Crippen LogP contribution in [0.3, 0.4) is 0 Å². The van der Waals surface area contributed by atoms with Gasteiger partial charge in [-0.1, -0.05) is 35.9 Å². The molecule has 0 aliphatic carbocycles. The fourth-order valence-corrected chi connectivity index (χ4v) is 2.82. The number of alkyl halides is 3. The number of carboxylic acids is 1. The molecular formula is C19H17ClF3NO3. The Morgan fingerprint density at radius 3 is 2.30 bits per heavy atom. The van der Waals surface area contributed by atoms with Crippen LogP contribution in [-0.4, -0.2) is 23.0 Å². The zero-order chi connectivity index (χ0) is 20.0. The van der Waals surface area contributed by atoms with Crippen molar-refractivity contribution < 1.29 is 27.9 Å². The molecule has 1 atom stereocenters. The summed E-state index contributed by atoms with van der Waals surface area (Å²) >= 11 is 5.87. The highest BCUT2D eigenvalue weighted by Gasteiger charge is 2.30. The first-order valence-corrected chi connectivity index (χ1v) is 8.43. The zero-order valence-electron chi connectivity index (χ0n) is 14.1. The first-order valence-electron chi connectivity index (χ1n) is 8.05. The van der Waals surface area contributed by atoms with Gasteiger partial charge in [0.15, 0.2) is 0 Å². The number of benzene rings is 2. The third-order valence-corrected chi connectivity index (χ3v) is 4.04. The van der Waals surface area contributed by atoms with E-state index in [4.69, 9.17) is 16.7 Å². The molecule has 0 spiro atoms. The summed E-state index contributed by atoms with van der Waals surface area (Å²) in [5.41, 5.74) is 0.381. The van der Waals surface area contributed by atoms with Crippen molar-refractivity contribution >= 4 is 23.5 Å². The summed E-state index contributed by atoms with van der Waals surface area (Å²) in [5, 5.41) is 12.1. The molecule has 0 aliphatic heterocycles. The van der Waals surface area contributed by atoms with E-state index in [0.29, 0.717) is 16.1 Å². The van der Waals surface area contributed by atoms with Crippen LogP contribution in [0.5, 0.6) is 0 Å². The number of amides is 1. The first kappa shape index (κ1) is 20.8. The molecule has 27 heavy (non-hydrogen) atoms. The van der Waals surface area contributed by atoms with Crippen molar-refractivity contribution in [2.24, 2.45) is 0 Å². The van der Waals surface area contributed by atoms with Crippen LogP contribution >= 0.6 is 11.6 Å². The fourth-order valence-electron chi connectivity index (χ4n) is 2.61. The number of rotatable bonds is 7. The Morgan fingerprint density at radius 1 is 1.07 bits per heavy atom. The third kappa shape index (κ3) is 6.94. The number of halogens is 4. The van der Waals surface area contributed by atoms with Crippen LogP contribution in [-0.2, 0) is 28.6 Å². The molecule has 4 nitrogen and oxygen atoms in total. The van der Waals surface area contributed by atoms with Gasteiger partial charge in [-0.25, -0.2) is 0 Å². The van der Waals surface area contributed by atoms with Crippen LogP contribution in [0.1, 0.15) is 23.1 Å². The summed E-state index contributed by atoms with van der Waals surface area (Å²) in [6.07, 6.45) is -4.66. The number of hydrogen-bond acceptors (Lipinski definition) is 2. The molecular weight excluding hydrogens is 383 g/mol. The summed E-state index contributed by atoms with van der Waals surface area (Å²) in [6, 6.07) is 10.4. The quantitative estimate of drug-likeness (QED) is 0.736. The molecule has 2 rings (SSSR count). The highest BCUT2D eigenvalue weighted by Crippen LogP contribution is 2.29. The maximum Gasteiger partial charge on any atom is 0.416 e. The van der Waals surface area contributed by atoms with E-state index < -0.39 is 29.7 Å². The minimum absolute atomic E-state index is 0.0176. The molecule has 144 valence electrons. The highest BCUT2D eigenvalue weighted by molar-refractivity contribution is 6.30. The molecule has 0 heterocycles. The number of carbonyl (C=O) groups is 2. The Labute approximate surface area is 159 Å². The van der Waals surface area contributed by atoms with Crippen LogP contribution in [0, 0.1) is 0 Å². The SMILES string of the molecule is O=C(O)CC(Cc1ccc(C(F)(F)F)cc1)NC(=O)Cc1cccc(Cl)c1. The molecule has 1 amide bonds. The largest absolute Gasteiger partial charge is 0.481 e. The van der Waals surface area contributed by atoms with E-state index in [1.807, 2.05) is 0 Å². The molecule has 0 radical (unpaired) electrons. The van der Waals surface area contributed by atoms with Gasteiger partial charge >= 0.3 is 12.1 Å². The molecule has 0 aliphatic rings. The summed E-state index contributed by atoms with van der Waals surface area (Å²) in [7, 11) is 0. The van der Waals surface area contributed by atoms with Crippen molar-refractivity contribution in [1.29, 1.82) is 0 Å². The van der Waals surface area contributed by atoms with E-state index in [1.54, 1.807) is 24.3 Å². The molecule has 8 heteroatoms. The zero-order valence-corrected chi connectivity index (χ0v) is 14.8. The molecule has 0 saturated carbocycles. The summed E-state index contributed by atoms with van der Waals surface area (Å²) < 4.78 is 37.9. The predicted molar refractivity (Wildman–Crippen MR) is 94.5 cm³/mol. The molecule has 0 fully saturated rings. The molecule has 2 aromatic carbocycles. The van der Waals surface area contributed by atoms with Crippen LogP contribution in [0.15, 0.2) is 48.5 Å². The van der Waals surface area contributed by atoms with Crippen LogP contribution in [0.25, 0.3) is 0 Å². The maximum absolute atomic E-state index is 12.6. The summed E-state index contributed by atoms with van der Waals surface area (Å²) in [5.74, 6) is -1.51. The van der Waals surface area contributed by atoms with Crippen LogP contribution in [0.4, 0.5) is 13.2 Å². The van der Waals surface area contributed by atoms with Gasteiger partial charge in [-0.3, -0.25) is 9.59 Å². The van der Waals surface area contributed by atoms with Gasteiger partial charge < -0.3 is 10.4 Å². The van der Waals surface area contributed by atoms with Gasteiger partial charge in [-0.2, -0.15) is 13.2 Å². The van der Waals surface area contributed by atoms with E-state index in [2.05, 4.69) is 5.32 Å². The highest BCUT2D eigenvalue weighted by atomic mass is 35.5. The lowest BCUT2D eigenvalue weighted by Gasteiger charge is -2.18. The number of carboxylic acid groups (broad SMARTS) is 1. The average Bonchev–Trinajstić information content (AvgIpc) is 2.53. The first-order chi connectivity index (χ1) is 12.6. The van der Waals surface area contributed by atoms with Gasteiger partial charge in [0, 0.05) is 11.1 Å². The predicted octanol–water partition coefficient (Wildman–Crippen LogP) is 4.10. The molecule has 1 unspecified atom stereocenters. The van der Waals surface area contributed by atoms with Crippen molar-refractivity contribution in [3.8, 4) is 0 Å². The molecule has 2 N–H and O–H groups in total. The Hall–Kier alpha value is -2.54.